The minimum Gasteiger partial charge on any atom is -0.444 e. The molecule has 4 aliphatic rings. The molecule has 55 heavy (non-hydrogen) atoms. The van der Waals surface area contributed by atoms with E-state index in [0.717, 1.165) is 12.8 Å². The van der Waals surface area contributed by atoms with Crippen molar-refractivity contribution in [3.05, 3.63) is 77.6 Å². The molecule has 0 spiro atoms. The number of allylic oxidation sites excluding steroid dienone is 1. The normalized spacial score (nSPS) is 26.3. The molecular weight excluding hydrogens is 732 g/mol. The first-order chi connectivity index (χ1) is 26.0. The van der Waals surface area contributed by atoms with Crippen molar-refractivity contribution in [2.24, 2.45) is 5.92 Å². The fourth-order valence-corrected chi connectivity index (χ4v) is 8.37. The summed E-state index contributed by atoms with van der Waals surface area (Å²) >= 11 is 0. The van der Waals surface area contributed by atoms with Crippen LogP contribution in [-0.4, -0.2) is 95.8 Å². The van der Waals surface area contributed by atoms with E-state index in [9.17, 15) is 36.8 Å². The predicted molar refractivity (Wildman–Crippen MR) is 199 cm³/mol. The molecule has 6 rings (SSSR count). The number of rotatable bonds is 5. The van der Waals surface area contributed by atoms with E-state index in [1.807, 2.05) is 26.8 Å². The molecule has 2 fully saturated rings. The van der Waals surface area contributed by atoms with Crippen LogP contribution in [0.4, 0.5) is 14.0 Å². The monoisotopic (exact) mass is 780 g/mol. The van der Waals surface area contributed by atoms with Gasteiger partial charge in [-0.05, 0) is 70.2 Å². The standard InChI is InChI=1S/C39H49FN6O8S/c1-38(2,3)44(4)36(50)41-31-19-12-7-5-6-9-15-26-21-39(26,35(49)43-55(52,53)28-16-10-8-11-17-28)42-33(47)32-20-27(23-46(32)34(31)48)54-37(51)45-22-25-14-13-18-30(40)29(25)24-45/h8-11,13-18,26-27,31-32H,5-7,12,19-24H2,1-4H3,(H,41,50)(H,42,47)(H,43,49)/b15-9-/t26-,27+,31-,32-,39+/m0/s1. The number of hydrogen-bond acceptors (Lipinski definition) is 8. The molecule has 0 bridgehead atoms. The van der Waals surface area contributed by atoms with Crippen LogP contribution in [0, 0.1) is 11.7 Å². The van der Waals surface area contributed by atoms with Crippen molar-refractivity contribution in [1.82, 2.24) is 30.1 Å². The molecular formula is C39H49FN6O8S. The Kier molecular flexibility index (Phi) is 11.3. The van der Waals surface area contributed by atoms with E-state index in [4.69, 9.17) is 4.74 Å². The van der Waals surface area contributed by atoms with Crippen LogP contribution in [0.25, 0.3) is 0 Å². The molecule has 6 amide bonds. The number of nitrogens with one attached hydrogen (secondary N) is 3. The Morgan fingerprint density at radius 3 is 2.47 bits per heavy atom. The molecule has 0 radical (unpaired) electrons. The number of amides is 6. The van der Waals surface area contributed by atoms with Gasteiger partial charge < -0.3 is 25.2 Å². The van der Waals surface area contributed by atoms with Gasteiger partial charge in [0.25, 0.3) is 15.9 Å². The number of benzene rings is 2. The Labute approximate surface area is 320 Å². The van der Waals surface area contributed by atoms with Gasteiger partial charge in [-0.1, -0.05) is 55.3 Å². The number of halogens is 1. The summed E-state index contributed by atoms with van der Waals surface area (Å²) < 4.78 is 48.9. The molecule has 16 heteroatoms. The highest BCUT2D eigenvalue weighted by molar-refractivity contribution is 7.90. The fourth-order valence-electron chi connectivity index (χ4n) is 7.31. The maximum atomic E-state index is 14.5. The summed E-state index contributed by atoms with van der Waals surface area (Å²) in [6, 6.07) is 9.25. The van der Waals surface area contributed by atoms with Crippen molar-refractivity contribution in [3.8, 4) is 0 Å². The topological polar surface area (TPSA) is 175 Å². The zero-order chi connectivity index (χ0) is 39.7. The number of carbonyl (C=O) groups excluding carboxylic acids is 5. The van der Waals surface area contributed by atoms with Crippen LogP contribution in [0.5, 0.6) is 0 Å². The third kappa shape index (κ3) is 8.63. The highest BCUT2D eigenvalue weighted by atomic mass is 32.2. The second-order valence-electron chi connectivity index (χ2n) is 15.8. The van der Waals surface area contributed by atoms with Crippen LogP contribution in [0.2, 0.25) is 0 Å². The highest BCUT2D eigenvalue weighted by Crippen LogP contribution is 2.46. The molecule has 0 unspecified atom stereocenters. The molecule has 3 heterocycles. The summed E-state index contributed by atoms with van der Waals surface area (Å²) in [4.78, 5) is 73.5. The molecule has 14 nitrogen and oxygen atoms in total. The number of nitrogens with zero attached hydrogens (tertiary/aromatic N) is 3. The Hall–Kier alpha value is -4.99. The lowest BCUT2D eigenvalue weighted by molar-refractivity contribution is -0.141. The maximum absolute atomic E-state index is 14.5. The van der Waals surface area contributed by atoms with Gasteiger partial charge in [-0.25, -0.2) is 27.1 Å². The van der Waals surface area contributed by atoms with Gasteiger partial charge >= 0.3 is 12.1 Å². The molecule has 1 aliphatic carbocycles. The van der Waals surface area contributed by atoms with Gasteiger partial charge in [-0.2, -0.15) is 0 Å². The molecule has 0 aromatic heterocycles. The Morgan fingerprint density at radius 1 is 1.02 bits per heavy atom. The van der Waals surface area contributed by atoms with Crippen molar-refractivity contribution in [1.29, 1.82) is 0 Å². The molecule has 3 aliphatic heterocycles. The number of hydrogen-bond donors (Lipinski definition) is 3. The van der Waals surface area contributed by atoms with Crippen molar-refractivity contribution >= 4 is 39.9 Å². The average molecular weight is 781 g/mol. The van der Waals surface area contributed by atoms with Crippen LogP contribution in [0.3, 0.4) is 0 Å². The van der Waals surface area contributed by atoms with Crippen LogP contribution in [0.15, 0.2) is 65.6 Å². The van der Waals surface area contributed by atoms with Crippen molar-refractivity contribution in [3.63, 3.8) is 0 Å². The summed E-state index contributed by atoms with van der Waals surface area (Å²) in [6.45, 7) is 5.49. The minimum atomic E-state index is -4.29. The van der Waals surface area contributed by atoms with Crippen LogP contribution >= 0.6 is 0 Å². The summed E-state index contributed by atoms with van der Waals surface area (Å²) in [5.41, 5.74) is -1.16. The summed E-state index contributed by atoms with van der Waals surface area (Å²) in [7, 11) is -2.67. The second-order valence-corrected chi connectivity index (χ2v) is 17.5. The fraction of sp³-hybridized carbons (Fsp3) is 0.513. The lowest BCUT2D eigenvalue weighted by Crippen LogP contribution is -2.59. The van der Waals surface area contributed by atoms with E-state index < -0.39 is 80.9 Å². The first-order valence-electron chi connectivity index (χ1n) is 18.7. The van der Waals surface area contributed by atoms with E-state index in [2.05, 4.69) is 15.4 Å². The van der Waals surface area contributed by atoms with Gasteiger partial charge in [0.1, 0.15) is 29.5 Å². The van der Waals surface area contributed by atoms with Crippen LogP contribution < -0.4 is 15.4 Å². The Balaban J connectivity index is 1.27. The van der Waals surface area contributed by atoms with E-state index in [1.54, 1.807) is 31.3 Å². The predicted octanol–water partition coefficient (Wildman–Crippen LogP) is 3.96. The zero-order valence-corrected chi connectivity index (χ0v) is 32.4. The lowest BCUT2D eigenvalue weighted by atomic mass is 10.0. The Morgan fingerprint density at radius 2 is 1.76 bits per heavy atom. The Bertz CT molecular complexity index is 1970. The van der Waals surface area contributed by atoms with Crippen LogP contribution in [-0.2, 0) is 42.2 Å². The zero-order valence-electron chi connectivity index (χ0n) is 31.5. The third-order valence-electron chi connectivity index (χ3n) is 11.0. The van der Waals surface area contributed by atoms with Gasteiger partial charge in [0.05, 0.1) is 18.0 Å². The van der Waals surface area contributed by atoms with Gasteiger partial charge in [0, 0.05) is 37.0 Å². The number of ether oxygens (including phenoxy) is 1. The number of sulfonamides is 1. The summed E-state index contributed by atoms with van der Waals surface area (Å²) in [5.74, 6) is -3.18. The molecule has 5 atom stereocenters. The largest absolute Gasteiger partial charge is 0.444 e. The second kappa shape index (κ2) is 15.6. The van der Waals surface area contributed by atoms with E-state index in [-0.39, 0.29) is 43.8 Å². The smallest absolute Gasteiger partial charge is 0.410 e. The summed E-state index contributed by atoms with van der Waals surface area (Å²) in [5, 5.41) is 5.66. The summed E-state index contributed by atoms with van der Waals surface area (Å²) in [6.07, 6.45) is 4.98. The van der Waals surface area contributed by atoms with Crippen molar-refractivity contribution < 1.29 is 41.5 Å². The average Bonchev–Trinajstić information content (AvgIpc) is 3.43. The number of urea groups is 1. The third-order valence-corrected chi connectivity index (χ3v) is 12.3. The van der Waals surface area contributed by atoms with Crippen molar-refractivity contribution in [2.45, 2.75) is 113 Å². The SMILES string of the molecule is CN(C(=O)N[C@H]1CCCCC/C=C\[C@H]2C[C@@]2(C(=O)NS(=O)(=O)c2ccccc2)NC(=O)[C@@H]2C[C@@H](OC(=O)N3Cc4cccc(F)c4C3)CN2C1=O)C(C)(C)C. The molecule has 2 aromatic carbocycles. The van der Waals surface area contributed by atoms with E-state index >= 15 is 0 Å². The molecule has 1 saturated heterocycles. The van der Waals surface area contributed by atoms with E-state index in [0.29, 0.717) is 24.0 Å². The highest BCUT2D eigenvalue weighted by Gasteiger charge is 2.61. The van der Waals surface area contributed by atoms with Gasteiger partial charge in [0.2, 0.25) is 11.8 Å². The quantitative estimate of drug-likeness (QED) is 0.383. The molecule has 296 valence electrons. The minimum absolute atomic E-state index is 0.00601. The van der Waals surface area contributed by atoms with E-state index in [1.165, 1.54) is 45.0 Å². The molecule has 3 N–H and O–H groups in total. The van der Waals surface area contributed by atoms with Gasteiger partial charge in [-0.15, -0.1) is 0 Å². The lowest BCUT2D eigenvalue weighted by Gasteiger charge is -2.35. The van der Waals surface area contributed by atoms with Crippen LogP contribution in [0.1, 0.15) is 76.8 Å². The van der Waals surface area contributed by atoms with Gasteiger partial charge in [-0.3, -0.25) is 19.3 Å². The molecule has 2 aromatic rings. The number of fused-ring (bicyclic) bond motifs is 3. The first-order valence-corrected chi connectivity index (χ1v) is 20.2. The van der Waals surface area contributed by atoms with Crippen molar-refractivity contribution in [2.75, 3.05) is 13.6 Å². The van der Waals surface area contributed by atoms with Gasteiger partial charge in [0.15, 0.2) is 0 Å². The maximum Gasteiger partial charge on any atom is 0.410 e. The number of carbonyl (C=O) groups is 5. The first kappa shape index (κ1) is 39.7. The molecule has 1 saturated carbocycles.